The molecule has 0 fully saturated rings. The van der Waals surface area contributed by atoms with Crippen molar-refractivity contribution in [1.82, 2.24) is 4.98 Å². The number of para-hydroxylation sites is 1. The lowest BCUT2D eigenvalue weighted by molar-refractivity contribution is 0.259. The lowest BCUT2D eigenvalue weighted by atomic mass is 10.2. The normalized spacial score (nSPS) is 10.1. The van der Waals surface area contributed by atoms with Crippen LogP contribution in [0.15, 0.2) is 79.0 Å². The molecule has 2 amide bonds. The fourth-order valence-corrected chi connectivity index (χ4v) is 2.19. The summed E-state index contributed by atoms with van der Waals surface area (Å²) in [6.45, 7) is 0. The summed E-state index contributed by atoms with van der Waals surface area (Å²) in [4.78, 5) is 18.4. The maximum atomic E-state index is 12.7. The summed E-state index contributed by atoms with van der Waals surface area (Å²) in [7, 11) is 0. The SMILES string of the molecule is Nc1ccc(N(C(=O)Nc2ccccn2)c2ccccc2)cc1. The fourth-order valence-electron chi connectivity index (χ4n) is 2.19. The number of nitrogen functional groups attached to an aromatic ring is 1. The number of aromatic nitrogens is 1. The van der Waals surface area contributed by atoms with Crippen molar-refractivity contribution in [2.45, 2.75) is 0 Å². The van der Waals surface area contributed by atoms with Gasteiger partial charge in [-0.1, -0.05) is 24.3 Å². The van der Waals surface area contributed by atoms with Gasteiger partial charge >= 0.3 is 6.03 Å². The van der Waals surface area contributed by atoms with Gasteiger partial charge in [0.05, 0.1) is 11.4 Å². The Morgan fingerprint density at radius 2 is 1.52 bits per heavy atom. The minimum absolute atomic E-state index is 0.292. The Morgan fingerprint density at radius 3 is 2.17 bits per heavy atom. The number of amides is 2. The Morgan fingerprint density at radius 1 is 0.870 bits per heavy atom. The predicted molar refractivity (Wildman–Crippen MR) is 92.7 cm³/mol. The Bertz CT molecular complexity index is 773. The Balaban J connectivity index is 1.95. The lowest BCUT2D eigenvalue weighted by Crippen LogP contribution is -2.31. The number of carbonyl (C=O) groups is 1. The Labute approximate surface area is 134 Å². The van der Waals surface area contributed by atoms with Crippen LogP contribution in [0.2, 0.25) is 0 Å². The second-order valence-corrected chi connectivity index (χ2v) is 4.91. The van der Waals surface area contributed by atoms with Crippen LogP contribution in [-0.2, 0) is 0 Å². The first kappa shape index (κ1) is 14.6. The first-order chi connectivity index (χ1) is 11.2. The highest BCUT2D eigenvalue weighted by Crippen LogP contribution is 2.26. The van der Waals surface area contributed by atoms with E-state index >= 15 is 0 Å². The number of hydrogen-bond donors (Lipinski definition) is 2. The molecule has 2 aromatic carbocycles. The van der Waals surface area contributed by atoms with Crippen LogP contribution in [0.4, 0.5) is 27.7 Å². The number of nitrogens with zero attached hydrogens (tertiary/aromatic N) is 2. The van der Waals surface area contributed by atoms with E-state index in [2.05, 4.69) is 10.3 Å². The summed E-state index contributed by atoms with van der Waals surface area (Å²) >= 11 is 0. The molecule has 0 spiro atoms. The first-order valence-electron chi connectivity index (χ1n) is 7.17. The number of nitrogens with one attached hydrogen (secondary N) is 1. The summed E-state index contributed by atoms with van der Waals surface area (Å²) in [5, 5.41) is 2.80. The van der Waals surface area contributed by atoms with Crippen molar-refractivity contribution in [3.8, 4) is 0 Å². The number of urea groups is 1. The van der Waals surface area contributed by atoms with Crippen LogP contribution >= 0.6 is 0 Å². The molecular formula is C18H16N4O. The molecule has 3 aromatic rings. The topological polar surface area (TPSA) is 71.2 Å². The number of hydrogen-bond acceptors (Lipinski definition) is 3. The largest absolute Gasteiger partial charge is 0.399 e. The van der Waals surface area contributed by atoms with Crippen LogP contribution in [0.3, 0.4) is 0 Å². The molecule has 114 valence electrons. The molecule has 1 aromatic heterocycles. The minimum Gasteiger partial charge on any atom is -0.399 e. The van der Waals surface area contributed by atoms with E-state index in [0.29, 0.717) is 11.5 Å². The fraction of sp³-hybridized carbons (Fsp3) is 0. The van der Waals surface area contributed by atoms with Crippen LogP contribution in [0.5, 0.6) is 0 Å². The molecule has 0 saturated heterocycles. The van der Waals surface area contributed by atoms with Gasteiger partial charge < -0.3 is 5.73 Å². The average molecular weight is 304 g/mol. The van der Waals surface area contributed by atoms with Crippen molar-refractivity contribution < 1.29 is 4.79 Å². The van der Waals surface area contributed by atoms with Gasteiger partial charge in [-0.3, -0.25) is 10.2 Å². The highest BCUT2D eigenvalue weighted by Gasteiger charge is 2.18. The number of pyridine rings is 1. The molecule has 0 atom stereocenters. The Hall–Kier alpha value is -3.34. The number of anilines is 4. The van der Waals surface area contributed by atoms with Crippen molar-refractivity contribution in [2.75, 3.05) is 16.0 Å². The third-order valence-corrected chi connectivity index (χ3v) is 3.27. The molecule has 0 bridgehead atoms. The zero-order chi connectivity index (χ0) is 16.1. The summed E-state index contributed by atoms with van der Waals surface area (Å²) in [5.41, 5.74) is 7.86. The number of nitrogens with two attached hydrogens (primary N) is 1. The van der Waals surface area contributed by atoms with Gasteiger partial charge in [0, 0.05) is 11.9 Å². The second-order valence-electron chi connectivity index (χ2n) is 4.91. The quantitative estimate of drug-likeness (QED) is 0.717. The van der Waals surface area contributed by atoms with Gasteiger partial charge in [0.15, 0.2) is 0 Å². The molecule has 0 radical (unpaired) electrons. The highest BCUT2D eigenvalue weighted by atomic mass is 16.2. The zero-order valence-electron chi connectivity index (χ0n) is 12.4. The molecule has 5 nitrogen and oxygen atoms in total. The van der Waals surface area contributed by atoms with E-state index < -0.39 is 0 Å². The van der Waals surface area contributed by atoms with Gasteiger partial charge in [-0.15, -0.1) is 0 Å². The summed E-state index contributed by atoms with van der Waals surface area (Å²) < 4.78 is 0. The van der Waals surface area contributed by atoms with Gasteiger partial charge in [0.1, 0.15) is 5.82 Å². The molecule has 5 heteroatoms. The molecule has 3 rings (SSSR count). The molecule has 3 N–H and O–H groups in total. The standard InChI is InChI=1S/C18H16N4O/c19-14-9-11-16(12-10-14)22(15-6-2-1-3-7-15)18(23)21-17-8-4-5-13-20-17/h1-13H,19H2,(H,20,21,23). The van der Waals surface area contributed by atoms with Gasteiger partial charge in [0.2, 0.25) is 0 Å². The number of carbonyl (C=O) groups excluding carboxylic acids is 1. The van der Waals surface area contributed by atoms with E-state index in [1.165, 1.54) is 0 Å². The molecule has 0 aliphatic rings. The summed E-state index contributed by atoms with van der Waals surface area (Å²) in [5.74, 6) is 0.494. The van der Waals surface area contributed by atoms with Crippen LogP contribution in [0.1, 0.15) is 0 Å². The second kappa shape index (κ2) is 6.62. The predicted octanol–water partition coefficient (Wildman–Crippen LogP) is 4.03. The molecular weight excluding hydrogens is 288 g/mol. The molecule has 23 heavy (non-hydrogen) atoms. The molecule has 0 unspecified atom stereocenters. The summed E-state index contributed by atoms with van der Waals surface area (Å²) in [6, 6.07) is 21.6. The smallest absolute Gasteiger partial charge is 0.332 e. The van der Waals surface area contributed by atoms with Gasteiger partial charge in [-0.2, -0.15) is 0 Å². The van der Waals surface area contributed by atoms with Crippen molar-refractivity contribution in [2.24, 2.45) is 0 Å². The summed E-state index contributed by atoms with van der Waals surface area (Å²) in [6.07, 6.45) is 1.63. The van der Waals surface area contributed by atoms with Gasteiger partial charge in [-0.05, 0) is 48.5 Å². The van der Waals surface area contributed by atoms with Crippen molar-refractivity contribution in [3.05, 3.63) is 79.0 Å². The van der Waals surface area contributed by atoms with Crippen molar-refractivity contribution in [3.63, 3.8) is 0 Å². The van der Waals surface area contributed by atoms with Gasteiger partial charge in [-0.25, -0.2) is 9.78 Å². The maximum absolute atomic E-state index is 12.7. The van der Waals surface area contributed by atoms with Crippen LogP contribution < -0.4 is 16.0 Å². The zero-order valence-corrected chi connectivity index (χ0v) is 12.4. The molecule has 0 aliphatic heterocycles. The number of benzene rings is 2. The van der Waals surface area contributed by atoms with E-state index in [4.69, 9.17) is 5.73 Å². The van der Waals surface area contributed by atoms with E-state index in [0.717, 1.165) is 11.4 Å². The van der Waals surface area contributed by atoms with E-state index in [1.807, 2.05) is 36.4 Å². The highest BCUT2D eigenvalue weighted by molar-refractivity contribution is 6.06. The Kier molecular flexibility index (Phi) is 4.20. The monoisotopic (exact) mass is 304 g/mol. The van der Waals surface area contributed by atoms with E-state index in [1.54, 1.807) is 47.5 Å². The molecule has 0 aliphatic carbocycles. The number of rotatable bonds is 3. The maximum Gasteiger partial charge on any atom is 0.332 e. The van der Waals surface area contributed by atoms with E-state index in [-0.39, 0.29) is 6.03 Å². The van der Waals surface area contributed by atoms with Crippen molar-refractivity contribution >= 4 is 28.9 Å². The van der Waals surface area contributed by atoms with Crippen LogP contribution in [-0.4, -0.2) is 11.0 Å². The van der Waals surface area contributed by atoms with Crippen LogP contribution in [0.25, 0.3) is 0 Å². The van der Waals surface area contributed by atoms with Crippen LogP contribution in [0, 0.1) is 0 Å². The molecule has 0 saturated carbocycles. The average Bonchev–Trinajstić information content (AvgIpc) is 2.59. The van der Waals surface area contributed by atoms with E-state index in [9.17, 15) is 4.79 Å². The van der Waals surface area contributed by atoms with Crippen molar-refractivity contribution in [1.29, 1.82) is 0 Å². The minimum atomic E-state index is -0.292. The van der Waals surface area contributed by atoms with Gasteiger partial charge in [0.25, 0.3) is 0 Å². The first-order valence-corrected chi connectivity index (χ1v) is 7.17. The lowest BCUT2D eigenvalue weighted by Gasteiger charge is -2.23. The molecule has 1 heterocycles. The third kappa shape index (κ3) is 3.47. The third-order valence-electron chi connectivity index (χ3n) is 3.27.